The van der Waals surface area contributed by atoms with Crippen molar-refractivity contribution < 1.29 is 18.0 Å². The molecule has 1 aromatic carbocycles. The van der Waals surface area contributed by atoms with Gasteiger partial charge in [-0.2, -0.15) is 0 Å². The Morgan fingerprint density at radius 3 is 2.37 bits per heavy atom. The Balaban J connectivity index is 3.23. The smallest absolute Gasteiger partial charge is 0.313 e. The lowest BCUT2D eigenvalue weighted by Gasteiger charge is -2.13. The van der Waals surface area contributed by atoms with Crippen molar-refractivity contribution in [1.29, 1.82) is 0 Å². The zero-order valence-electron chi connectivity index (χ0n) is 10.2. The van der Waals surface area contributed by atoms with Gasteiger partial charge in [-0.1, -0.05) is 11.6 Å². The quantitative estimate of drug-likeness (QED) is 0.767. The van der Waals surface area contributed by atoms with Crippen molar-refractivity contribution in [3.8, 4) is 0 Å². The number of carbonyl (C=O) groups is 2. The van der Waals surface area contributed by atoms with Gasteiger partial charge in [0.25, 0.3) is 0 Å². The molecule has 0 spiro atoms. The van der Waals surface area contributed by atoms with Gasteiger partial charge < -0.3 is 11.1 Å². The van der Waals surface area contributed by atoms with Crippen molar-refractivity contribution in [2.24, 2.45) is 5.73 Å². The Hall–Kier alpha value is -1.64. The molecule has 0 fully saturated rings. The summed E-state index contributed by atoms with van der Waals surface area (Å²) < 4.78 is 24.9. The number of nitrogens with two attached hydrogens (primary N) is 1. The first-order valence-corrected chi connectivity index (χ1v) is 6.81. The third kappa shape index (κ3) is 3.43. The number of carbonyl (C=O) groups excluding carboxylic acids is 2. The Morgan fingerprint density at radius 2 is 1.89 bits per heavy atom. The Labute approximate surface area is 115 Å². The number of hydrogen-bond acceptors (Lipinski definition) is 4. The van der Waals surface area contributed by atoms with Crippen molar-refractivity contribution in [3.05, 3.63) is 23.2 Å². The molecule has 0 aliphatic carbocycles. The van der Waals surface area contributed by atoms with Crippen LogP contribution < -0.4 is 11.1 Å². The van der Waals surface area contributed by atoms with E-state index in [1.807, 2.05) is 0 Å². The van der Waals surface area contributed by atoms with Gasteiger partial charge in [0, 0.05) is 19.8 Å². The summed E-state index contributed by atoms with van der Waals surface area (Å²) in [6.07, 6.45) is 0. The number of nitrogens with zero attached hydrogens (tertiary/aromatic N) is 1. The molecule has 7 nitrogen and oxygen atoms in total. The van der Waals surface area contributed by atoms with Crippen LogP contribution in [0.25, 0.3) is 0 Å². The second-order valence-corrected chi connectivity index (χ2v) is 6.28. The van der Waals surface area contributed by atoms with Gasteiger partial charge >= 0.3 is 11.8 Å². The van der Waals surface area contributed by atoms with Crippen LogP contribution in [0.15, 0.2) is 23.1 Å². The van der Waals surface area contributed by atoms with Crippen molar-refractivity contribution in [2.75, 3.05) is 19.4 Å². The van der Waals surface area contributed by atoms with Crippen LogP contribution >= 0.6 is 11.6 Å². The third-order valence-electron chi connectivity index (χ3n) is 2.17. The number of hydrogen-bond donors (Lipinski definition) is 2. The maximum absolute atomic E-state index is 12.0. The van der Waals surface area contributed by atoms with Crippen LogP contribution in [0.5, 0.6) is 0 Å². The molecule has 0 saturated heterocycles. The van der Waals surface area contributed by atoms with Crippen LogP contribution in [0.1, 0.15) is 0 Å². The summed E-state index contributed by atoms with van der Waals surface area (Å²) in [5.74, 6) is -2.22. The topological polar surface area (TPSA) is 110 Å². The fourth-order valence-electron chi connectivity index (χ4n) is 1.17. The average molecular weight is 306 g/mol. The molecule has 0 aliphatic rings. The fraction of sp³-hybridized carbons (Fsp3) is 0.200. The molecule has 104 valence electrons. The number of anilines is 1. The number of halogens is 1. The zero-order valence-corrected chi connectivity index (χ0v) is 11.7. The molecule has 1 rings (SSSR count). The first-order chi connectivity index (χ1) is 8.66. The normalized spacial score (nSPS) is 11.4. The largest absolute Gasteiger partial charge is 0.361 e. The van der Waals surface area contributed by atoms with E-state index in [-0.39, 0.29) is 15.6 Å². The predicted molar refractivity (Wildman–Crippen MR) is 70.1 cm³/mol. The van der Waals surface area contributed by atoms with Gasteiger partial charge in [0.15, 0.2) is 0 Å². The summed E-state index contributed by atoms with van der Waals surface area (Å²) in [6, 6.07) is 3.81. The maximum Gasteiger partial charge on any atom is 0.313 e. The molecule has 2 amide bonds. The van der Waals surface area contributed by atoms with Crippen LogP contribution in [0.3, 0.4) is 0 Å². The lowest BCUT2D eigenvalue weighted by atomic mass is 10.3. The number of primary amides is 1. The van der Waals surface area contributed by atoms with Gasteiger partial charge in [0.1, 0.15) is 4.90 Å². The summed E-state index contributed by atoms with van der Waals surface area (Å²) in [6.45, 7) is 0. The van der Waals surface area contributed by atoms with Crippen LogP contribution in [0.2, 0.25) is 5.02 Å². The molecular weight excluding hydrogens is 294 g/mol. The van der Waals surface area contributed by atoms with Crippen LogP contribution in [0, 0.1) is 0 Å². The minimum Gasteiger partial charge on any atom is -0.361 e. The predicted octanol–water partition coefficient (Wildman–Crippen LogP) is 0.0141. The lowest BCUT2D eigenvalue weighted by Crippen LogP contribution is -2.29. The molecule has 3 N–H and O–H groups in total. The lowest BCUT2D eigenvalue weighted by molar-refractivity contribution is -0.134. The van der Waals surface area contributed by atoms with Crippen molar-refractivity contribution in [3.63, 3.8) is 0 Å². The van der Waals surface area contributed by atoms with Gasteiger partial charge in [-0.15, -0.1) is 0 Å². The van der Waals surface area contributed by atoms with Gasteiger partial charge in [0.05, 0.1) is 5.02 Å². The summed E-state index contributed by atoms with van der Waals surface area (Å²) in [5, 5.41) is 2.17. The number of rotatable bonds is 3. The van der Waals surface area contributed by atoms with E-state index in [1.165, 1.54) is 26.2 Å². The molecule has 0 atom stereocenters. The van der Waals surface area contributed by atoms with Crippen molar-refractivity contribution in [2.45, 2.75) is 4.90 Å². The molecule has 0 saturated carbocycles. The highest BCUT2D eigenvalue weighted by molar-refractivity contribution is 7.89. The highest BCUT2D eigenvalue weighted by Crippen LogP contribution is 2.26. The minimum atomic E-state index is -3.75. The fourth-order valence-corrected chi connectivity index (χ4v) is 2.56. The number of amides is 2. The average Bonchev–Trinajstić information content (AvgIpc) is 2.30. The molecule has 19 heavy (non-hydrogen) atoms. The summed E-state index contributed by atoms with van der Waals surface area (Å²) >= 11 is 5.81. The summed E-state index contributed by atoms with van der Waals surface area (Å²) in [7, 11) is -1.06. The summed E-state index contributed by atoms with van der Waals surface area (Å²) in [5.41, 5.74) is 4.89. The van der Waals surface area contributed by atoms with Crippen LogP contribution in [-0.4, -0.2) is 38.6 Å². The highest BCUT2D eigenvalue weighted by Gasteiger charge is 2.21. The third-order valence-corrected chi connectivity index (χ3v) is 4.47. The van der Waals surface area contributed by atoms with E-state index in [9.17, 15) is 18.0 Å². The zero-order chi connectivity index (χ0) is 14.8. The number of sulfonamides is 1. The standard InChI is InChI=1S/C10H12ClN3O4S/c1-14(2)19(17,18)8-5-6(3-4-7(8)11)13-10(16)9(12)15/h3-5H,1-2H3,(H2,12,15)(H,13,16). The minimum absolute atomic E-state index is 0.00535. The number of nitrogens with one attached hydrogen (secondary N) is 1. The van der Waals surface area contributed by atoms with E-state index in [4.69, 9.17) is 17.3 Å². The van der Waals surface area contributed by atoms with Crippen molar-refractivity contribution in [1.82, 2.24) is 4.31 Å². The first kappa shape index (κ1) is 15.4. The molecular formula is C10H12ClN3O4S. The van der Waals surface area contributed by atoms with E-state index in [0.717, 1.165) is 10.4 Å². The van der Waals surface area contributed by atoms with E-state index in [0.29, 0.717) is 0 Å². The SMILES string of the molecule is CN(C)S(=O)(=O)c1cc(NC(=O)C(N)=O)ccc1Cl. The van der Waals surface area contributed by atoms with Gasteiger partial charge in [-0.3, -0.25) is 9.59 Å². The number of benzene rings is 1. The molecule has 0 bridgehead atoms. The second-order valence-electron chi connectivity index (χ2n) is 3.75. The van der Waals surface area contributed by atoms with Gasteiger partial charge in [0.2, 0.25) is 10.0 Å². The Morgan fingerprint density at radius 1 is 1.32 bits per heavy atom. The molecule has 0 radical (unpaired) electrons. The van der Waals surface area contributed by atoms with Crippen LogP contribution in [-0.2, 0) is 19.6 Å². The Bertz CT molecular complexity index is 628. The molecule has 0 aliphatic heterocycles. The second kappa shape index (κ2) is 5.55. The summed E-state index contributed by atoms with van der Waals surface area (Å²) in [4.78, 5) is 21.6. The molecule has 0 unspecified atom stereocenters. The van der Waals surface area contributed by atoms with Crippen LogP contribution in [0.4, 0.5) is 5.69 Å². The van der Waals surface area contributed by atoms with Crippen molar-refractivity contribution >= 4 is 39.1 Å². The van der Waals surface area contributed by atoms with E-state index in [2.05, 4.69) is 5.32 Å². The maximum atomic E-state index is 12.0. The molecule has 0 aromatic heterocycles. The van der Waals surface area contributed by atoms with E-state index in [1.54, 1.807) is 0 Å². The van der Waals surface area contributed by atoms with Gasteiger partial charge in [-0.25, -0.2) is 12.7 Å². The molecule has 1 aromatic rings. The molecule has 0 heterocycles. The highest BCUT2D eigenvalue weighted by atomic mass is 35.5. The Kier molecular flexibility index (Phi) is 4.51. The molecule has 9 heteroatoms. The first-order valence-electron chi connectivity index (χ1n) is 4.99. The van der Waals surface area contributed by atoms with E-state index >= 15 is 0 Å². The monoisotopic (exact) mass is 305 g/mol. The van der Waals surface area contributed by atoms with Gasteiger partial charge in [-0.05, 0) is 18.2 Å². The van der Waals surface area contributed by atoms with E-state index < -0.39 is 21.8 Å².